The lowest BCUT2D eigenvalue weighted by Crippen LogP contribution is -2.34. The van der Waals surface area contributed by atoms with Gasteiger partial charge in [-0.15, -0.1) is 0 Å². The number of benzene rings is 2. The van der Waals surface area contributed by atoms with Crippen molar-refractivity contribution >= 4 is 34.8 Å². The van der Waals surface area contributed by atoms with Crippen molar-refractivity contribution in [3.8, 4) is 0 Å². The van der Waals surface area contributed by atoms with Gasteiger partial charge in [0.2, 0.25) is 5.79 Å². The van der Waals surface area contributed by atoms with E-state index in [1.807, 2.05) is 30.3 Å². The minimum absolute atomic E-state index is 0.138. The lowest BCUT2D eigenvalue weighted by Gasteiger charge is -2.29. The summed E-state index contributed by atoms with van der Waals surface area (Å²) in [6, 6.07) is 13.0. The summed E-state index contributed by atoms with van der Waals surface area (Å²) in [7, 11) is 0. The first-order chi connectivity index (χ1) is 13.0. The Labute approximate surface area is 171 Å². The van der Waals surface area contributed by atoms with Crippen LogP contribution in [0.25, 0.3) is 0 Å². The van der Waals surface area contributed by atoms with Crippen LogP contribution >= 0.6 is 34.8 Å². The molecule has 8 heteroatoms. The summed E-state index contributed by atoms with van der Waals surface area (Å²) in [6.45, 7) is 0.752. The van der Waals surface area contributed by atoms with Crippen LogP contribution in [0.4, 0.5) is 0 Å². The molecule has 2 heterocycles. The maximum absolute atomic E-state index is 6.46. The highest BCUT2D eigenvalue weighted by molar-refractivity contribution is 6.35. The summed E-state index contributed by atoms with van der Waals surface area (Å²) in [5.41, 5.74) is 1.83. The first-order valence-corrected chi connectivity index (χ1v) is 9.52. The van der Waals surface area contributed by atoms with Crippen molar-refractivity contribution in [3.05, 3.63) is 81.3 Å². The van der Waals surface area contributed by atoms with E-state index in [-0.39, 0.29) is 6.10 Å². The Morgan fingerprint density at radius 2 is 1.85 bits per heavy atom. The lowest BCUT2D eigenvalue weighted by molar-refractivity contribution is -0.188. The van der Waals surface area contributed by atoms with E-state index in [2.05, 4.69) is 10.1 Å². The topological polar surface area (TPSA) is 49.2 Å². The molecule has 1 saturated heterocycles. The van der Waals surface area contributed by atoms with E-state index in [1.54, 1.807) is 23.1 Å². The average Bonchev–Trinajstić information content (AvgIpc) is 3.28. The van der Waals surface area contributed by atoms with E-state index in [9.17, 15) is 0 Å². The number of rotatable bonds is 5. The van der Waals surface area contributed by atoms with Crippen LogP contribution in [0.3, 0.4) is 0 Å². The molecular formula is C19H16Cl3N3O2. The van der Waals surface area contributed by atoms with Crippen LogP contribution in [0.1, 0.15) is 11.1 Å². The van der Waals surface area contributed by atoms with Gasteiger partial charge < -0.3 is 9.47 Å². The van der Waals surface area contributed by atoms with Gasteiger partial charge in [-0.3, -0.25) is 0 Å². The second kappa shape index (κ2) is 7.78. The van der Waals surface area contributed by atoms with Gasteiger partial charge in [0, 0.05) is 22.0 Å². The summed E-state index contributed by atoms with van der Waals surface area (Å²) < 4.78 is 14.2. The molecule has 1 aliphatic rings. The number of hydrogen-bond acceptors (Lipinski definition) is 4. The Balaban J connectivity index is 1.62. The minimum atomic E-state index is -1.06. The number of nitrogens with zero attached hydrogens (tertiary/aromatic N) is 3. The Morgan fingerprint density at radius 1 is 1.07 bits per heavy atom. The van der Waals surface area contributed by atoms with Crippen LogP contribution in [0, 0.1) is 0 Å². The largest absolute Gasteiger partial charge is 0.342 e. The van der Waals surface area contributed by atoms with E-state index in [0.717, 1.165) is 5.56 Å². The third-order valence-corrected chi connectivity index (χ3v) is 5.21. The van der Waals surface area contributed by atoms with Crippen molar-refractivity contribution in [1.82, 2.24) is 14.8 Å². The van der Waals surface area contributed by atoms with Gasteiger partial charge in [-0.2, -0.15) is 5.10 Å². The maximum atomic E-state index is 6.46. The van der Waals surface area contributed by atoms with Gasteiger partial charge in [-0.1, -0.05) is 53.0 Å². The molecule has 0 aliphatic carbocycles. The monoisotopic (exact) mass is 423 g/mol. The van der Waals surface area contributed by atoms with Crippen molar-refractivity contribution in [2.75, 3.05) is 6.61 Å². The second-order valence-corrected chi connectivity index (χ2v) is 7.63. The molecule has 2 atom stereocenters. The maximum Gasteiger partial charge on any atom is 0.217 e. The fourth-order valence-corrected chi connectivity index (χ4v) is 3.86. The van der Waals surface area contributed by atoms with E-state index >= 15 is 0 Å². The van der Waals surface area contributed by atoms with Crippen LogP contribution in [-0.2, 0) is 28.2 Å². The van der Waals surface area contributed by atoms with E-state index in [1.165, 1.54) is 6.33 Å². The van der Waals surface area contributed by atoms with Crippen LogP contribution in [0.5, 0.6) is 0 Å². The molecule has 0 N–H and O–H groups in total. The molecular weight excluding hydrogens is 409 g/mol. The second-order valence-electron chi connectivity index (χ2n) is 6.35. The zero-order valence-electron chi connectivity index (χ0n) is 14.2. The van der Waals surface area contributed by atoms with Crippen molar-refractivity contribution in [3.63, 3.8) is 0 Å². The molecule has 0 bridgehead atoms. The van der Waals surface area contributed by atoms with E-state index in [4.69, 9.17) is 44.3 Å². The minimum Gasteiger partial charge on any atom is -0.342 e. The quantitative estimate of drug-likeness (QED) is 0.593. The zero-order valence-corrected chi connectivity index (χ0v) is 16.5. The van der Waals surface area contributed by atoms with Gasteiger partial charge >= 0.3 is 0 Å². The molecule has 2 aromatic carbocycles. The third kappa shape index (κ3) is 4.13. The Hall–Kier alpha value is -1.63. The van der Waals surface area contributed by atoms with Crippen LogP contribution in [-0.4, -0.2) is 27.5 Å². The molecule has 0 saturated carbocycles. The van der Waals surface area contributed by atoms with Crippen LogP contribution in [0.15, 0.2) is 55.1 Å². The molecule has 4 rings (SSSR count). The molecule has 0 amide bonds. The van der Waals surface area contributed by atoms with Gasteiger partial charge in [-0.05, 0) is 29.8 Å². The Kier molecular flexibility index (Phi) is 5.39. The first-order valence-electron chi connectivity index (χ1n) is 8.38. The number of halogens is 3. The van der Waals surface area contributed by atoms with Gasteiger partial charge in [0.25, 0.3) is 0 Å². The molecule has 0 spiro atoms. The highest BCUT2D eigenvalue weighted by Crippen LogP contribution is 2.41. The predicted molar refractivity (Wildman–Crippen MR) is 104 cm³/mol. The number of aromatic nitrogens is 3. The van der Waals surface area contributed by atoms with Crippen LogP contribution in [0.2, 0.25) is 15.1 Å². The third-order valence-electron chi connectivity index (χ3n) is 4.41. The molecule has 1 fully saturated rings. The molecule has 27 heavy (non-hydrogen) atoms. The molecule has 1 aliphatic heterocycles. The van der Waals surface area contributed by atoms with Crippen molar-refractivity contribution in [2.24, 2.45) is 0 Å². The zero-order chi connectivity index (χ0) is 18.9. The van der Waals surface area contributed by atoms with Gasteiger partial charge in [0.15, 0.2) is 0 Å². The number of ether oxygens (including phenoxy) is 2. The smallest absolute Gasteiger partial charge is 0.217 e. The highest BCUT2D eigenvalue weighted by Gasteiger charge is 2.45. The van der Waals surface area contributed by atoms with Crippen LogP contribution < -0.4 is 0 Å². The summed E-state index contributed by atoms with van der Waals surface area (Å²) in [5.74, 6) is -1.06. The van der Waals surface area contributed by atoms with Gasteiger partial charge in [-0.25, -0.2) is 9.67 Å². The van der Waals surface area contributed by atoms with Crippen molar-refractivity contribution in [1.29, 1.82) is 0 Å². The molecule has 2 unspecified atom stereocenters. The summed E-state index contributed by atoms with van der Waals surface area (Å²) in [5, 5.41) is 5.91. The normalized spacial score (nSPS) is 22.3. The molecule has 3 aromatic rings. The summed E-state index contributed by atoms with van der Waals surface area (Å²) in [4.78, 5) is 3.99. The predicted octanol–water partition coefficient (Wildman–Crippen LogP) is 4.75. The van der Waals surface area contributed by atoms with E-state index in [0.29, 0.717) is 40.2 Å². The summed E-state index contributed by atoms with van der Waals surface area (Å²) in [6.07, 6.45) is 3.64. The Bertz CT molecular complexity index is 918. The van der Waals surface area contributed by atoms with E-state index < -0.39 is 5.79 Å². The lowest BCUT2D eigenvalue weighted by atomic mass is 10.1. The summed E-state index contributed by atoms with van der Waals surface area (Å²) >= 11 is 18.5. The Morgan fingerprint density at radius 3 is 2.56 bits per heavy atom. The molecule has 0 radical (unpaired) electrons. The molecule has 5 nitrogen and oxygen atoms in total. The fourth-order valence-electron chi connectivity index (χ4n) is 3.18. The molecule has 140 valence electrons. The first kappa shape index (κ1) is 18.7. The number of hydrogen-bond donors (Lipinski definition) is 0. The average molecular weight is 425 g/mol. The van der Waals surface area contributed by atoms with Gasteiger partial charge in [0.05, 0.1) is 17.7 Å². The highest BCUT2D eigenvalue weighted by atomic mass is 35.5. The molecule has 1 aromatic heterocycles. The standard InChI is InChI=1S/C19H16Cl3N3O2/c20-14-3-1-13(2-4-14)7-16-9-26-19(27-16,10-25-12-23-11-24-25)17-6-5-15(21)8-18(17)22/h1-6,8,11-12,16H,7,9-10H2. The van der Waals surface area contributed by atoms with Crippen molar-refractivity contribution in [2.45, 2.75) is 24.9 Å². The van der Waals surface area contributed by atoms with Gasteiger partial charge in [0.1, 0.15) is 19.2 Å². The van der Waals surface area contributed by atoms with Crippen molar-refractivity contribution < 1.29 is 9.47 Å². The SMILES string of the molecule is Clc1ccc(CC2COC(Cn3cncn3)(c3ccc(Cl)cc3Cl)O2)cc1. The fraction of sp³-hybridized carbons (Fsp3) is 0.263.